The second-order valence-corrected chi connectivity index (χ2v) is 5.30. The third-order valence-electron chi connectivity index (χ3n) is 3.94. The molecule has 0 aliphatic carbocycles. The maximum atomic E-state index is 5.75. The Kier molecular flexibility index (Phi) is 3.23. The van der Waals surface area contributed by atoms with Gasteiger partial charge in [-0.15, -0.1) is 0 Å². The van der Waals surface area contributed by atoms with Gasteiger partial charge in [0.05, 0.1) is 11.3 Å². The third kappa shape index (κ3) is 2.35. The quantitative estimate of drug-likeness (QED) is 0.915. The van der Waals surface area contributed by atoms with E-state index in [0.29, 0.717) is 18.4 Å². The Morgan fingerprint density at radius 1 is 1.14 bits per heavy atom. The molecule has 0 bridgehead atoms. The summed E-state index contributed by atoms with van der Waals surface area (Å²) in [6, 6.07) is 5.91. The Balaban J connectivity index is 1.66. The van der Waals surface area contributed by atoms with Crippen molar-refractivity contribution in [3.8, 4) is 17.2 Å². The molecule has 21 heavy (non-hydrogen) atoms. The first kappa shape index (κ1) is 12.6. The van der Waals surface area contributed by atoms with E-state index in [2.05, 4.69) is 15.5 Å². The van der Waals surface area contributed by atoms with Gasteiger partial charge in [0.1, 0.15) is 6.61 Å². The molecule has 2 aromatic rings. The van der Waals surface area contributed by atoms with Crippen molar-refractivity contribution >= 4 is 5.69 Å². The number of aromatic nitrogens is 2. The highest BCUT2D eigenvalue weighted by atomic mass is 16.5. The summed E-state index contributed by atoms with van der Waals surface area (Å²) in [6.07, 6.45) is 1.90. The highest BCUT2D eigenvalue weighted by molar-refractivity contribution is 5.74. The molecule has 4 rings (SSSR count). The lowest BCUT2D eigenvalue weighted by molar-refractivity contribution is 0.0830. The number of para-hydroxylation sites is 1. The zero-order valence-electron chi connectivity index (χ0n) is 11.7. The maximum Gasteiger partial charge on any atom is 0.261 e. The van der Waals surface area contributed by atoms with Gasteiger partial charge in [-0.25, -0.2) is 0 Å². The maximum absolute atomic E-state index is 5.75. The monoisotopic (exact) mass is 287 g/mol. The average molecular weight is 287 g/mol. The molecule has 0 unspecified atom stereocenters. The Morgan fingerprint density at radius 3 is 2.95 bits per heavy atom. The smallest absolute Gasteiger partial charge is 0.261 e. The molecule has 1 aromatic heterocycles. The third-order valence-corrected chi connectivity index (χ3v) is 3.94. The average Bonchev–Trinajstić information content (AvgIpc) is 3.05. The largest absolute Gasteiger partial charge is 0.489 e. The van der Waals surface area contributed by atoms with Crippen molar-refractivity contribution in [1.82, 2.24) is 10.1 Å². The molecule has 6 heteroatoms. The Morgan fingerprint density at radius 2 is 2.05 bits per heavy atom. The molecule has 3 heterocycles. The SMILES string of the molecule is c1cc2c(c(-c3nc(C4CCOCC4)no3)c1)OCCN2. The minimum absolute atomic E-state index is 0.329. The van der Waals surface area contributed by atoms with Gasteiger partial charge in [-0.3, -0.25) is 0 Å². The fourth-order valence-corrected chi connectivity index (χ4v) is 2.80. The molecule has 0 radical (unpaired) electrons. The normalized spacial score (nSPS) is 18.7. The summed E-state index contributed by atoms with van der Waals surface area (Å²) in [5, 5.41) is 7.46. The van der Waals surface area contributed by atoms with Gasteiger partial charge < -0.3 is 19.3 Å². The molecule has 0 saturated carbocycles. The molecule has 1 fully saturated rings. The number of benzene rings is 1. The van der Waals surface area contributed by atoms with Gasteiger partial charge in [0.25, 0.3) is 5.89 Å². The summed E-state index contributed by atoms with van der Waals surface area (Å²) in [7, 11) is 0. The first-order valence-electron chi connectivity index (χ1n) is 7.33. The van der Waals surface area contributed by atoms with Crippen LogP contribution in [-0.2, 0) is 4.74 Å². The van der Waals surface area contributed by atoms with Crippen molar-refractivity contribution in [2.75, 3.05) is 31.7 Å². The predicted molar refractivity (Wildman–Crippen MR) is 76.5 cm³/mol. The van der Waals surface area contributed by atoms with E-state index in [1.54, 1.807) is 0 Å². The van der Waals surface area contributed by atoms with E-state index in [-0.39, 0.29) is 0 Å². The lowest BCUT2D eigenvalue weighted by Crippen LogP contribution is -2.18. The van der Waals surface area contributed by atoms with Gasteiger partial charge in [-0.05, 0) is 25.0 Å². The molecule has 0 spiro atoms. The minimum Gasteiger partial charge on any atom is -0.489 e. The standard InChI is InChI=1S/C15H17N3O3/c1-2-11(13-12(3-1)16-6-9-20-13)15-17-14(18-21-15)10-4-7-19-8-5-10/h1-3,10,16H,4-9H2. The van der Waals surface area contributed by atoms with Crippen molar-refractivity contribution in [2.24, 2.45) is 0 Å². The topological polar surface area (TPSA) is 69.4 Å². The molecule has 1 aromatic carbocycles. The molecule has 0 amide bonds. The fourth-order valence-electron chi connectivity index (χ4n) is 2.80. The van der Waals surface area contributed by atoms with Gasteiger partial charge >= 0.3 is 0 Å². The van der Waals surface area contributed by atoms with E-state index in [9.17, 15) is 0 Å². The van der Waals surface area contributed by atoms with Crippen molar-refractivity contribution < 1.29 is 14.0 Å². The van der Waals surface area contributed by atoms with E-state index in [1.807, 2.05) is 18.2 Å². The summed E-state index contributed by atoms with van der Waals surface area (Å²) in [4.78, 5) is 4.57. The fraction of sp³-hybridized carbons (Fsp3) is 0.467. The number of nitrogens with one attached hydrogen (secondary N) is 1. The summed E-state index contributed by atoms with van der Waals surface area (Å²) >= 11 is 0. The Labute approximate surface area is 122 Å². The van der Waals surface area contributed by atoms with Crippen LogP contribution < -0.4 is 10.1 Å². The molecule has 1 N–H and O–H groups in total. The summed E-state index contributed by atoms with van der Waals surface area (Å²) in [5.74, 6) is 2.42. The van der Waals surface area contributed by atoms with Crippen LogP contribution in [0.25, 0.3) is 11.5 Å². The summed E-state index contributed by atoms with van der Waals surface area (Å²) in [6.45, 7) is 2.99. The number of hydrogen-bond donors (Lipinski definition) is 1. The predicted octanol–water partition coefficient (Wildman–Crippen LogP) is 2.43. The summed E-state index contributed by atoms with van der Waals surface area (Å²) in [5.41, 5.74) is 1.83. The Bertz CT molecular complexity index is 635. The molecule has 6 nitrogen and oxygen atoms in total. The number of fused-ring (bicyclic) bond motifs is 1. The van der Waals surface area contributed by atoms with Gasteiger partial charge in [0, 0.05) is 25.7 Å². The van der Waals surface area contributed by atoms with E-state index >= 15 is 0 Å². The van der Waals surface area contributed by atoms with Crippen LogP contribution in [-0.4, -0.2) is 36.5 Å². The zero-order chi connectivity index (χ0) is 14.1. The second kappa shape index (κ2) is 5.37. The molecule has 0 atom stereocenters. The van der Waals surface area contributed by atoms with Crippen LogP contribution in [0, 0.1) is 0 Å². The second-order valence-electron chi connectivity index (χ2n) is 5.30. The van der Waals surface area contributed by atoms with E-state index in [1.165, 1.54) is 0 Å². The first-order valence-corrected chi connectivity index (χ1v) is 7.33. The van der Waals surface area contributed by atoms with E-state index < -0.39 is 0 Å². The van der Waals surface area contributed by atoms with E-state index in [4.69, 9.17) is 14.0 Å². The van der Waals surface area contributed by atoms with Gasteiger partial charge in [-0.2, -0.15) is 4.98 Å². The number of anilines is 1. The van der Waals surface area contributed by atoms with Crippen LogP contribution in [0.5, 0.6) is 5.75 Å². The molecule has 2 aliphatic heterocycles. The number of rotatable bonds is 2. The highest BCUT2D eigenvalue weighted by Crippen LogP contribution is 2.38. The Hall–Kier alpha value is -2.08. The van der Waals surface area contributed by atoms with Crippen molar-refractivity contribution in [1.29, 1.82) is 0 Å². The number of hydrogen-bond acceptors (Lipinski definition) is 6. The van der Waals surface area contributed by atoms with Crippen LogP contribution >= 0.6 is 0 Å². The minimum atomic E-state index is 0.329. The van der Waals surface area contributed by atoms with Crippen molar-refractivity contribution in [3.63, 3.8) is 0 Å². The van der Waals surface area contributed by atoms with Gasteiger partial charge in [0.15, 0.2) is 11.6 Å². The van der Waals surface area contributed by atoms with Crippen LogP contribution in [0.2, 0.25) is 0 Å². The number of nitrogens with zero attached hydrogens (tertiary/aromatic N) is 2. The lowest BCUT2D eigenvalue weighted by atomic mass is 10.00. The van der Waals surface area contributed by atoms with Crippen LogP contribution in [0.1, 0.15) is 24.6 Å². The van der Waals surface area contributed by atoms with Crippen molar-refractivity contribution in [3.05, 3.63) is 24.0 Å². The molecular weight excluding hydrogens is 270 g/mol. The van der Waals surface area contributed by atoms with Gasteiger partial charge in [-0.1, -0.05) is 11.2 Å². The number of ether oxygens (including phenoxy) is 2. The van der Waals surface area contributed by atoms with Crippen molar-refractivity contribution in [2.45, 2.75) is 18.8 Å². The van der Waals surface area contributed by atoms with Gasteiger partial charge in [0.2, 0.25) is 0 Å². The highest BCUT2D eigenvalue weighted by Gasteiger charge is 2.24. The van der Waals surface area contributed by atoms with Crippen LogP contribution in [0.3, 0.4) is 0 Å². The molecule has 2 aliphatic rings. The zero-order valence-corrected chi connectivity index (χ0v) is 11.7. The van der Waals surface area contributed by atoms with Crippen LogP contribution in [0.15, 0.2) is 22.7 Å². The first-order chi connectivity index (χ1) is 10.4. The molecular formula is C15H17N3O3. The van der Waals surface area contributed by atoms with E-state index in [0.717, 1.165) is 55.4 Å². The lowest BCUT2D eigenvalue weighted by Gasteiger charge is -2.20. The molecule has 1 saturated heterocycles. The van der Waals surface area contributed by atoms with Crippen LogP contribution in [0.4, 0.5) is 5.69 Å². The molecule has 110 valence electrons. The summed E-state index contributed by atoms with van der Waals surface area (Å²) < 4.78 is 16.6.